The lowest BCUT2D eigenvalue weighted by molar-refractivity contribution is -0.0487. The summed E-state index contributed by atoms with van der Waals surface area (Å²) >= 11 is 6.37. The molecule has 0 radical (unpaired) electrons. The Kier molecular flexibility index (Phi) is 7.48. The molecule has 4 aromatic rings. The van der Waals surface area contributed by atoms with Gasteiger partial charge in [0.25, 0.3) is 0 Å². The van der Waals surface area contributed by atoms with Gasteiger partial charge in [-0.1, -0.05) is 41.9 Å². The van der Waals surface area contributed by atoms with Gasteiger partial charge in [-0.05, 0) is 62.5 Å². The molecule has 0 amide bonds. The van der Waals surface area contributed by atoms with Crippen molar-refractivity contribution in [1.29, 1.82) is 0 Å². The van der Waals surface area contributed by atoms with Crippen LogP contribution in [0, 0.1) is 5.92 Å². The number of ether oxygens (including phenoxy) is 3. The molecular weight excluding hydrogens is 500 g/mol. The second-order valence-corrected chi connectivity index (χ2v) is 10.5. The van der Waals surface area contributed by atoms with Crippen molar-refractivity contribution in [2.24, 2.45) is 5.92 Å². The average molecular weight is 533 g/mol. The molecule has 0 bridgehead atoms. The van der Waals surface area contributed by atoms with Crippen molar-refractivity contribution in [1.82, 2.24) is 9.88 Å². The van der Waals surface area contributed by atoms with E-state index in [0.29, 0.717) is 47.5 Å². The maximum absolute atomic E-state index is 13.2. The summed E-state index contributed by atoms with van der Waals surface area (Å²) in [5.41, 5.74) is 1.84. The molecular formula is C31H33ClN2O4. The molecule has 7 heteroatoms. The number of methoxy groups -OCH3 is 2. The fraction of sp³-hybridized carbons (Fsp3) is 0.323. The Morgan fingerprint density at radius 2 is 1.84 bits per heavy atom. The minimum atomic E-state index is -1.37. The van der Waals surface area contributed by atoms with Gasteiger partial charge >= 0.3 is 0 Å². The smallest absolute Gasteiger partial charge is 0.217 e. The second kappa shape index (κ2) is 10.8. The first kappa shape index (κ1) is 26.3. The molecule has 0 aliphatic carbocycles. The van der Waals surface area contributed by atoms with Crippen LogP contribution in [-0.2, 0) is 5.60 Å². The van der Waals surface area contributed by atoms with Crippen LogP contribution in [0.25, 0.3) is 10.9 Å². The number of aliphatic hydroxyl groups is 1. The van der Waals surface area contributed by atoms with Crippen LogP contribution >= 0.6 is 11.6 Å². The van der Waals surface area contributed by atoms with E-state index in [1.54, 1.807) is 14.2 Å². The molecule has 1 aliphatic rings. The zero-order valence-electron chi connectivity index (χ0n) is 22.1. The van der Waals surface area contributed by atoms with Crippen LogP contribution < -0.4 is 14.2 Å². The van der Waals surface area contributed by atoms with E-state index in [1.165, 1.54) is 0 Å². The highest BCUT2D eigenvalue weighted by molar-refractivity contribution is 6.31. The van der Waals surface area contributed by atoms with Gasteiger partial charge in [0.2, 0.25) is 5.88 Å². The highest BCUT2D eigenvalue weighted by Gasteiger charge is 2.50. The van der Waals surface area contributed by atoms with Crippen LogP contribution in [0.15, 0.2) is 72.8 Å². The van der Waals surface area contributed by atoms with Gasteiger partial charge in [-0.3, -0.25) is 0 Å². The Morgan fingerprint density at radius 3 is 2.55 bits per heavy atom. The minimum Gasteiger partial charge on any atom is -0.497 e. The van der Waals surface area contributed by atoms with Crippen LogP contribution in [0.4, 0.5) is 0 Å². The Morgan fingerprint density at radius 1 is 1.05 bits per heavy atom. The molecule has 0 saturated heterocycles. The van der Waals surface area contributed by atoms with Crippen LogP contribution in [0.5, 0.6) is 17.4 Å². The molecule has 0 fully saturated rings. The maximum Gasteiger partial charge on any atom is 0.217 e. The summed E-state index contributed by atoms with van der Waals surface area (Å²) in [6.45, 7) is 1.13. The van der Waals surface area contributed by atoms with Crippen LogP contribution in [0.2, 0.25) is 5.02 Å². The van der Waals surface area contributed by atoms with Crippen molar-refractivity contribution in [3.8, 4) is 17.4 Å². The van der Waals surface area contributed by atoms with E-state index in [-0.39, 0.29) is 5.92 Å². The van der Waals surface area contributed by atoms with Gasteiger partial charge in [0, 0.05) is 46.0 Å². The van der Waals surface area contributed by atoms with Gasteiger partial charge in [0.15, 0.2) is 0 Å². The summed E-state index contributed by atoms with van der Waals surface area (Å²) in [6, 6.07) is 23.4. The summed E-state index contributed by atoms with van der Waals surface area (Å²) < 4.78 is 17.6. The summed E-state index contributed by atoms with van der Waals surface area (Å²) in [4.78, 5) is 6.96. The quantitative estimate of drug-likeness (QED) is 0.320. The predicted molar refractivity (Wildman–Crippen MR) is 151 cm³/mol. The fourth-order valence-electron chi connectivity index (χ4n) is 5.73. The van der Waals surface area contributed by atoms with Gasteiger partial charge in [-0.15, -0.1) is 0 Å². The van der Waals surface area contributed by atoms with Gasteiger partial charge in [0.05, 0.1) is 26.3 Å². The van der Waals surface area contributed by atoms with Crippen molar-refractivity contribution in [2.75, 3.05) is 41.5 Å². The van der Waals surface area contributed by atoms with Crippen LogP contribution in [0.1, 0.15) is 29.0 Å². The largest absolute Gasteiger partial charge is 0.497 e. The fourth-order valence-corrected chi connectivity index (χ4v) is 5.91. The zero-order chi connectivity index (χ0) is 26.9. The first-order valence-electron chi connectivity index (χ1n) is 12.7. The van der Waals surface area contributed by atoms with Crippen molar-refractivity contribution in [2.45, 2.75) is 17.9 Å². The third kappa shape index (κ3) is 4.80. The second-order valence-electron chi connectivity index (χ2n) is 10.1. The number of aromatic nitrogens is 1. The number of hydrogen-bond donors (Lipinski definition) is 1. The molecule has 1 aromatic heterocycles. The molecule has 0 spiro atoms. The van der Waals surface area contributed by atoms with Gasteiger partial charge in [0.1, 0.15) is 17.1 Å². The Hall–Kier alpha value is -3.32. The highest BCUT2D eigenvalue weighted by atomic mass is 35.5. The van der Waals surface area contributed by atoms with E-state index in [9.17, 15) is 5.11 Å². The standard InChI is InChI=1S/C31H33ClN2O4/c1-34(2)19-22-14-15-38-28-18-24(36-3)11-12-26(28)31(22,35)29(20-8-6-5-7-9-20)25-17-21-16-23(32)10-13-27(21)33-30(25)37-4/h5-13,16-18,22,29,35H,14-15,19H2,1-4H3/t22-,29-,31+/m1/s1. The number of pyridine rings is 1. The zero-order valence-corrected chi connectivity index (χ0v) is 22.9. The summed E-state index contributed by atoms with van der Waals surface area (Å²) in [6.07, 6.45) is 0.657. The third-order valence-electron chi connectivity index (χ3n) is 7.40. The Labute approximate surface area is 228 Å². The van der Waals surface area contributed by atoms with E-state index in [0.717, 1.165) is 22.0 Å². The average Bonchev–Trinajstić information content (AvgIpc) is 3.05. The van der Waals surface area contributed by atoms with Crippen LogP contribution in [0.3, 0.4) is 0 Å². The number of fused-ring (bicyclic) bond motifs is 2. The number of rotatable bonds is 7. The normalized spacial score (nSPS) is 19.9. The van der Waals surface area contributed by atoms with Gasteiger partial charge in [-0.2, -0.15) is 0 Å². The molecule has 1 N–H and O–H groups in total. The molecule has 3 atom stereocenters. The topological polar surface area (TPSA) is 64.1 Å². The lowest BCUT2D eigenvalue weighted by Crippen LogP contribution is -2.45. The van der Waals surface area contributed by atoms with E-state index in [1.807, 2.05) is 86.9 Å². The molecule has 1 aliphatic heterocycles. The van der Waals surface area contributed by atoms with Crippen LogP contribution in [-0.4, -0.2) is 56.5 Å². The summed E-state index contributed by atoms with van der Waals surface area (Å²) in [5.74, 6) is 1.06. The molecule has 2 heterocycles. The SMILES string of the molecule is COc1ccc2c(c1)OCC[C@H](CN(C)C)[C@@]2(O)[C@H](c1ccccc1)c1cc2cc(Cl)ccc2nc1OC. The molecule has 38 heavy (non-hydrogen) atoms. The number of hydrogen-bond acceptors (Lipinski definition) is 6. The van der Waals surface area contributed by atoms with Crippen molar-refractivity contribution < 1.29 is 19.3 Å². The van der Waals surface area contributed by atoms with Crippen molar-refractivity contribution in [3.63, 3.8) is 0 Å². The molecule has 0 saturated carbocycles. The molecule has 0 unspecified atom stereocenters. The molecule has 3 aromatic carbocycles. The number of halogens is 1. The van der Waals surface area contributed by atoms with Crippen molar-refractivity contribution >= 4 is 22.5 Å². The predicted octanol–water partition coefficient (Wildman–Crippen LogP) is 5.89. The van der Waals surface area contributed by atoms with E-state index >= 15 is 0 Å². The molecule has 6 nitrogen and oxygen atoms in total. The maximum atomic E-state index is 13.2. The van der Waals surface area contributed by atoms with Gasteiger partial charge in [-0.25, -0.2) is 4.98 Å². The number of benzene rings is 3. The minimum absolute atomic E-state index is 0.169. The third-order valence-corrected chi connectivity index (χ3v) is 7.63. The summed E-state index contributed by atoms with van der Waals surface area (Å²) in [7, 11) is 7.30. The first-order chi connectivity index (χ1) is 18.3. The summed E-state index contributed by atoms with van der Waals surface area (Å²) in [5, 5.41) is 14.7. The lowest BCUT2D eigenvalue weighted by atomic mass is 9.66. The monoisotopic (exact) mass is 532 g/mol. The molecule has 198 valence electrons. The lowest BCUT2D eigenvalue weighted by Gasteiger charge is -2.43. The van der Waals surface area contributed by atoms with E-state index in [2.05, 4.69) is 4.90 Å². The Bertz CT molecular complexity index is 1430. The number of nitrogens with zero attached hydrogens (tertiary/aromatic N) is 2. The van der Waals surface area contributed by atoms with Crippen molar-refractivity contribution in [3.05, 3.63) is 94.5 Å². The molecule has 5 rings (SSSR count). The Balaban J connectivity index is 1.84. The first-order valence-corrected chi connectivity index (χ1v) is 13.1. The van der Waals surface area contributed by atoms with E-state index < -0.39 is 11.5 Å². The van der Waals surface area contributed by atoms with E-state index in [4.69, 9.17) is 30.8 Å². The highest BCUT2D eigenvalue weighted by Crippen LogP contribution is 2.54. The van der Waals surface area contributed by atoms with Gasteiger partial charge < -0.3 is 24.2 Å².